The summed E-state index contributed by atoms with van der Waals surface area (Å²) >= 11 is 0. The molecule has 0 bridgehead atoms. The van der Waals surface area contributed by atoms with Gasteiger partial charge in [-0.3, -0.25) is 0 Å². The van der Waals surface area contributed by atoms with Gasteiger partial charge in [0.1, 0.15) is 5.58 Å². The largest absolute Gasteiger partial charge is 0.501 e. The molecule has 0 fully saturated rings. The van der Waals surface area contributed by atoms with Crippen LogP contribution in [0.25, 0.3) is 44.5 Å². The van der Waals surface area contributed by atoms with Gasteiger partial charge in [0.05, 0.1) is 5.58 Å². The maximum Gasteiger partial charge on any atom is 0.120 e. The molecule has 0 aliphatic heterocycles. The van der Waals surface area contributed by atoms with E-state index in [2.05, 4.69) is 99.2 Å². The Bertz CT molecular complexity index is 1670. The molecule has 4 heteroatoms. The molecule has 6 rings (SSSR count). The topological polar surface area (TPSA) is 38.9 Å². The van der Waals surface area contributed by atoms with Gasteiger partial charge in [-0.25, -0.2) is 0 Å². The Morgan fingerprint density at radius 1 is 0.763 bits per heavy atom. The van der Waals surface area contributed by atoms with Gasteiger partial charge in [-0.15, -0.1) is 53.1 Å². The summed E-state index contributed by atoms with van der Waals surface area (Å²) in [6.45, 7) is 10.6. The zero-order valence-electron chi connectivity index (χ0n) is 22.3. The molecule has 193 valence electrons. The predicted octanol–water partition coefficient (Wildman–Crippen LogP) is 9.04. The number of hydrogen-bond donors (Lipinski definition) is 0. The fourth-order valence-electron chi connectivity index (χ4n) is 4.40. The molecule has 3 aromatic carbocycles. The standard InChI is InChI=1S/C20H16NO.C14H14N.Ir/c1-12-4-5-19-15(8-12)16-9-14(3)10-17(20(16)22-19)18-11-13(2)6-7-21-18;1-11(2)12-6-8-13(9-7-12)14-5-3-4-10-15-14;/h4-9,11H,1-3H3;3-8,10-11H,1-2H3;/q2*-1;. The fourth-order valence-corrected chi connectivity index (χ4v) is 4.40. The van der Waals surface area contributed by atoms with E-state index in [4.69, 9.17) is 4.42 Å². The molecule has 0 saturated carbocycles. The van der Waals surface area contributed by atoms with Crippen molar-refractivity contribution in [2.45, 2.75) is 40.5 Å². The number of rotatable bonds is 3. The molecule has 0 saturated heterocycles. The van der Waals surface area contributed by atoms with Gasteiger partial charge >= 0.3 is 0 Å². The molecule has 3 nitrogen and oxygen atoms in total. The molecule has 0 unspecified atom stereocenters. The Labute approximate surface area is 238 Å². The van der Waals surface area contributed by atoms with E-state index in [1.54, 1.807) is 6.20 Å². The summed E-state index contributed by atoms with van der Waals surface area (Å²) in [6.07, 6.45) is 3.64. The van der Waals surface area contributed by atoms with Gasteiger partial charge in [-0.05, 0) is 49.5 Å². The van der Waals surface area contributed by atoms with Gasteiger partial charge in [-0.1, -0.05) is 73.0 Å². The first-order valence-corrected chi connectivity index (χ1v) is 12.6. The quantitative estimate of drug-likeness (QED) is 0.176. The maximum absolute atomic E-state index is 6.12. The van der Waals surface area contributed by atoms with Crippen molar-refractivity contribution < 1.29 is 24.5 Å². The molecular weight excluding hydrogens is 645 g/mol. The van der Waals surface area contributed by atoms with Crippen LogP contribution in [0, 0.1) is 32.9 Å². The predicted molar refractivity (Wildman–Crippen MR) is 153 cm³/mol. The molecule has 0 aliphatic rings. The monoisotopic (exact) mass is 675 g/mol. The smallest absolute Gasteiger partial charge is 0.120 e. The first kappa shape index (κ1) is 27.4. The van der Waals surface area contributed by atoms with Crippen molar-refractivity contribution in [3.8, 4) is 22.5 Å². The molecular formula is C34H30IrN2O-2. The van der Waals surface area contributed by atoms with Crippen LogP contribution in [0.5, 0.6) is 0 Å². The van der Waals surface area contributed by atoms with Gasteiger partial charge in [0.15, 0.2) is 0 Å². The van der Waals surface area contributed by atoms with Crippen molar-refractivity contribution in [3.63, 3.8) is 0 Å². The van der Waals surface area contributed by atoms with Crippen LogP contribution in [0.4, 0.5) is 0 Å². The second-order valence-electron chi connectivity index (χ2n) is 9.80. The Balaban J connectivity index is 0.000000185. The number of furan rings is 1. The molecule has 0 spiro atoms. The Morgan fingerprint density at radius 2 is 1.55 bits per heavy atom. The van der Waals surface area contributed by atoms with Crippen molar-refractivity contribution in [1.29, 1.82) is 0 Å². The summed E-state index contributed by atoms with van der Waals surface area (Å²) in [7, 11) is 0. The van der Waals surface area contributed by atoms with E-state index in [0.29, 0.717) is 5.92 Å². The van der Waals surface area contributed by atoms with E-state index in [9.17, 15) is 0 Å². The van der Waals surface area contributed by atoms with Crippen LogP contribution in [0.1, 0.15) is 42.0 Å². The number of aryl methyl sites for hydroxylation is 3. The van der Waals surface area contributed by atoms with E-state index in [-0.39, 0.29) is 20.1 Å². The fraction of sp³-hybridized carbons (Fsp3) is 0.176. The molecule has 0 amide bonds. The second kappa shape index (κ2) is 11.9. The first-order chi connectivity index (χ1) is 17.9. The summed E-state index contributed by atoms with van der Waals surface area (Å²) < 4.78 is 6.12. The molecule has 38 heavy (non-hydrogen) atoms. The molecule has 3 aromatic heterocycles. The average Bonchev–Trinajstić information content (AvgIpc) is 3.26. The number of aromatic nitrogens is 2. The minimum Gasteiger partial charge on any atom is -0.501 e. The van der Waals surface area contributed by atoms with Crippen molar-refractivity contribution in [1.82, 2.24) is 9.97 Å². The SMILES string of the molecule is CC(C)c1c[c-]c(-c2ccccn2)cc1.Cc1[c-]c(-c2cc(C)ccn2)c2oc3ccc(C)cc3c2c1.[Ir]. The average molecular weight is 675 g/mol. The molecule has 0 aliphatic carbocycles. The third-order valence-electron chi connectivity index (χ3n) is 6.41. The number of hydrogen-bond acceptors (Lipinski definition) is 3. The Kier molecular flexibility index (Phi) is 8.56. The van der Waals surface area contributed by atoms with E-state index in [1.165, 1.54) is 16.7 Å². The summed E-state index contributed by atoms with van der Waals surface area (Å²) in [4.78, 5) is 8.79. The molecule has 3 heterocycles. The molecule has 0 atom stereocenters. The molecule has 6 aromatic rings. The van der Waals surface area contributed by atoms with Crippen LogP contribution >= 0.6 is 0 Å². The van der Waals surface area contributed by atoms with Gasteiger partial charge in [-0.2, -0.15) is 0 Å². The minimum atomic E-state index is 0. The van der Waals surface area contributed by atoms with Gasteiger partial charge in [0, 0.05) is 37.9 Å². The Hall–Kier alpha value is -3.59. The number of pyridine rings is 2. The normalized spacial score (nSPS) is 10.8. The van der Waals surface area contributed by atoms with Gasteiger partial charge in [0.2, 0.25) is 0 Å². The van der Waals surface area contributed by atoms with Crippen molar-refractivity contribution in [2.75, 3.05) is 0 Å². The van der Waals surface area contributed by atoms with Crippen molar-refractivity contribution in [3.05, 3.63) is 120 Å². The summed E-state index contributed by atoms with van der Waals surface area (Å²) in [5, 5.41) is 2.29. The van der Waals surface area contributed by atoms with E-state index in [1.807, 2.05) is 36.5 Å². The van der Waals surface area contributed by atoms with E-state index >= 15 is 0 Å². The minimum absolute atomic E-state index is 0. The van der Waals surface area contributed by atoms with Crippen LogP contribution in [0.3, 0.4) is 0 Å². The van der Waals surface area contributed by atoms with Crippen LogP contribution in [-0.4, -0.2) is 9.97 Å². The molecule has 0 N–H and O–H groups in total. The zero-order valence-corrected chi connectivity index (χ0v) is 24.7. The van der Waals surface area contributed by atoms with Crippen molar-refractivity contribution >= 4 is 21.9 Å². The van der Waals surface area contributed by atoms with Gasteiger partial charge < -0.3 is 14.4 Å². The van der Waals surface area contributed by atoms with Crippen LogP contribution in [-0.2, 0) is 20.1 Å². The first-order valence-electron chi connectivity index (χ1n) is 12.6. The number of fused-ring (bicyclic) bond motifs is 3. The number of nitrogens with zero attached hydrogens (tertiary/aromatic N) is 2. The molecule has 1 radical (unpaired) electrons. The third kappa shape index (κ3) is 5.93. The second-order valence-corrected chi connectivity index (χ2v) is 9.80. The van der Waals surface area contributed by atoms with E-state index in [0.717, 1.165) is 50.0 Å². The van der Waals surface area contributed by atoms with Crippen LogP contribution in [0.15, 0.2) is 89.6 Å². The summed E-state index contributed by atoms with van der Waals surface area (Å²) in [5.41, 5.74) is 10.5. The maximum atomic E-state index is 6.12. The summed E-state index contributed by atoms with van der Waals surface area (Å²) in [5.74, 6) is 0.555. The summed E-state index contributed by atoms with van der Waals surface area (Å²) in [6, 6.07) is 31.4. The zero-order chi connectivity index (χ0) is 25.9. The van der Waals surface area contributed by atoms with E-state index < -0.39 is 0 Å². The number of benzene rings is 3. The van der Waals surface area contributed by atoms with Crippen molar-refractivity contribution in [2.24, 2.45) is 0 Å². The third-order valence-corrected chi connectivity index (χ3v) is 6.41. The van der Waals surface area contributed by atoms with Crippen LogP contribution < -0.4 is 0 Å². The van der Waals surface area contributed by atoms with Gasteiger partial charge in [0.25, 0.3) is 0 Å². The van der Waals surface area contributed by atoms with Crippen LogP contribution in [0.2, 0.25) is 0 Å². The Morgan fingerprint density at radius 3 is 2.24 bits per heavy atom.